The number of aliphatic hydroxyl groups excluding tert-OH is 1. The number of anilines is 1. The number of nitrogens with zero attached hydrogens (tertiary/aromatic N) is 2. The van der Waals surface area contributed by atoms with Crippen LogP contribution < -0.4 is 15.4 Å². The second kappa shape index (κ2) is 19.1. The number of piperazine rings is 1. The summed E-state index contributed by atoms with van der Waals surface area (Å²) in [6, 6.07) is 51.8. The van der Waals surface area contributed by atoms with E-state index in [-0.39, 0.29) is 24.8 Å². The molecule has 2 heterocycles. The Hall–Kier alpha value is -5.81. The Kier molecular flexibility index (Phi) is 12.8. The van der Waals surface area contributed by atoms with Crippen molar-refractivity contribution >= 4 is 11.7 Å². The van der Waals surface area contributed by atoms with Gasteiger partial charge in [-0.1, -0.05) is 121 Å². The predicted octanol–water partition coefficient (Wildman–Crippen LogP) is 9.32. The molecule has 0 aliphatic carbocycles. The molecule has 0 aromatic heterocycles. The summed E-state index contributed by atoms with van der Waals surface area (Å²) in [5, 5.41) is 15.6. The van der Waals surface area contributed by atoms with Crippen LogP contribution in [0.5, 0.6) is 11.5 Å². The van der Waals surface area contributed by atoms with Crippen molar-refractivity contribution in [2.45, 2.75) is 44.6 Å². The lowest BCUT2D eigenvalue weighted by molar-refractivity contribution is -0.253. The number of hydrogen-bond donors (Lipinski definition) is 3. The molecule has 0 saturated carbocycles. The van der Waals surface area contributed by atoms with Crippen molar-refractivity contribution in [2.24, 2.45) is 0 Å². The van der Waals surface area contributed by atoms with Crippen molar-refractivity contribution in [3.05, 3.63) is 186 Å². The highest BCUT2D eigenvalue weighted by atomic mass is 16.7. The molecule has 0 radical (unpaired) electrons. The molecular formula is C49H50N4O5. The number of benzene rings is 6. The van der Waals surface area contributed by atoms with E-state index in [4.69, 9.17) is 14.2 Å². The van der Waals surface area contributed by atoms with E-state index >= 15 is 0 Å². The zero-order chi connectivity index (χ0) is 39.5. The topological polar surface area (TPSA) is 95.5 Å². The average Bonchev–Trinajstić information content (AvgIpc) is 3.28. The summed E-state index contributed by atoms with van der Waals surface area (Å²) in [4.78, 5) is 18.0. The molecule has 58 heavy (non-hydrogen) atoms. The maximum absolute atomic E-state index is 12.9. The van der Waals surface area contributed by atoms with Crippen molar-refractivity contribution in [1.82, 2.24) is 15.1 Å². The molecule has 296 valence electrons. The monoisotopic (exact) mass is 774 g/mol. The van der Waals surface area contributed by atoms with Crippen molar-refractivity contribution in [3.8, 4) is 22.6 Å². The summed E-state index contributed by atoms with van der Waals surface area (Å²) in [7, 11) is 0. The first-order valence-electron chi connectivity index (χ1n) is 20.1. The van der Waals surface area contributed by atoms with Crippen molar-refractivity contribution < 1.29 is 24.1 Å². The summed E-state index contributed by atoms with van der Waals surface area (Å²) < 4.78 is 19.3. The van der Waals surface area contributed by atoms with Crippen LogP contribution in [-0.2, 0) is 29.2 Å². The van der Waals surface area contributed by atoms with Gasteiger partial charge in [0, 0.05) is 63.5 Å². The van der Waals surface area contributed by atoms with E-state index in [9.17, 15) is 9.90 Å². The zero-order valence-corrected chi connectivity index (χ0v) is 32.6. The van der Waals surface area contributed by atoms with E-state index < -0.39 is 6.29 Å². The van der Waals surface area contributed by atoms with Gasteiger partial charge in [0.05, 0.1) is 18.8 Å². The van der Waals surface area contributed by atoms with Gasteiger partial charge in [-0.15, -0.1) is 0 Å². The van der Waals surface area contributed by atoms with Gasteiger partial charge in [-0.25, -0.2) is 4.79 Å². The van der Waals surface area contributed by atoms with Crippen molar-refractivity contribution in [3.63, 3.8) is 0 Å². The molecule has 2 fully saturated rings. The normalized spacial score (nSPS) is 18.7. The first kappa shape index (κ1) is 39.0. The molecule has 2 amide bonds. The average molecular weight is 775 g/mol. The maximum Gasteiger partial charge on any atom is 0.319 e. The molecule has 6 aromatic rings. The number of para-hydroxylation sites is 1. The highest BCUT2D eigenvalue weighted by Gasteiger charge is 2.34. The molecule has 6 aromatic carbocycles. The summed E-state index contributed by atoms with van der Waals surface area (Å²) in [5.41, 5.74) is 8.00. The number of rotatable bonds is 13. The molecule has 0 bridgehead atoms. The van der Waals surface area contributed by atoms with Gasteiger partial charge in [-0.05, 0) is 69.8 Å². The fraction of sp³-hybridized carbons (Fsp3) is 0.245. The number of aliphatic hydroxyl groups is 1. The second-order valence-electron chi connectivity index (χ2n) is 14.9. The third-order valence-electron chi connectivity index (χ3n) is 10.8. The van der Waals surface area contributed by atoms with Gasteiger partial charge in [0.25, 0.3) is 0 Å². The highest BCUT2D eigenvalue weighted by molar-refractivity contribution is 5.89. The second-order valence-corrected chi connectivity index (χ2v) is 14.9. The maximum atomic E-state index is 12.9. The van der Waals surface area contributed by atoms with E-state index in [0.29, 0.717) is 18.0 Å². The van der Waals surface area contributed by atoms with Crippen LogP contribution in [0.4, 0.5) is 10.5 Å². The van der Waals surface area contributed by atoms with E-state index in [1.165, 1.54) is 5.56 Å². The molecule has 8 rings (SSSR count). The number of urea groups is 1. The summed E-state index contributed by atoms with van der Waals surface area (Å²) >= 11 is 0. The van der Waals surface area contributed by atoms with Gasteiger partial charge < -0.3 is 30.0 Å². The Morgan fingerprint density at radius 1 is 0.655 bits per heavy atom. The lowest BCUT2D eigenvalue weighted by atomic mass is 9.97. The minimum Gasteiger partial charge on any atom is -0.457 e. The fourth-order valence-corrected chi connectivity index (χ4v) is 7.65. The largest absolute Gasteiger partial charge is 0.457 e. The molecule has 3 atom stereocenters. The molecule has 2 aliphatic heterocycles. The van der Waals surface area contributed by atoms with E-state index in [1.807, 2.05) is 84.9 Å². The molecule has 2 saturated heterocycles. The number of hydrogen-bond acceptors (Lipinski definition) is 7. The third-order valence-corrected chi connectivity index (χ3v) is 10.8. The predicted molar refractivity (Wildman–Crippen MR) is 227 cm³/mol. The zero-order valence-electron chi connectivity index (χ0n) is 32.6. The third kappa shape index (κ3) is 10.4. The molecule has 3 N–H and O–H groups in total. The van der Waals surface area contributed by atoms with Gasteiger partial charge in [-0.3, -0.25) is 9.80 Å². The van der Waals surface area contributed by atoms with Crippen LogP contribution in [0.2, 0.25) is 0 Å². The molecule has 3 unspecified atom stereocenters. The smallest absolute Gasteiger partial charge is 0.319 e. The van der Waals surface area contributed by atoms with Crippen molar-refractivity contribution in [2.75, 3.05) is 38.0 Å². The Morgan fingerprint density at radius 2 is 1.29 bits per heavy atom. The Labute approximate surface area is 340 Å². The Bertz CT molecular complexity index is 2190. The van der Waals surface area contributed by atoms with Crippen LogP contribution in [-0.4, -0.2) is 59.8 Å². The molecular weight excluding hydrogens is 725 g/mol. The summed E-state index contributed by atoms with van der Waals surface area (Å²) in [6.45, 7) is 6.22. The quantitative estimate of drug-likeness (QED) is 0.108. The number of carbonyl (C=O) groups is 1. The van der Waals surface area contributed by atoms with Crippen LogP contribution in [0.15, 0.2) is 158 Å². The van der Waals surface area contributed by atoms with Gasteiger partial charge in [0.1, 0.15) is 11.5 Å². The van der Waals surface area contributed by atoms with Crippen LogP contribution in [0.1, 0.15) is 46.6 Å². The van der Waals surface area contributed by atoms with Crippen LogP contribution in [0, 0.1) is 0 Å². The van der Waals surface area contributed by atoms with Gasteiger partial charge in [0.15, 0.2) is 6.29 Å². The highest BCUT2D eigenvalue weighted by Crippen LogP contribution is 2.39. The van der Waals surface area contributed by atoms with E-state index in [0.717, 1.165) is 84.8 Å². The fourth-order valence-electron chi connectivity index (χ4n) is 7.65. The minimum atomic E-state index is -0.533. The van der Waals surface area contributed by atoms with Crippen LogP contribution >= 0.6 is 0 Å². The molecule has 0 spiro atoms. The number of ether oxygens (including phenoxy) is 3. The lowest BCUT2D eigenvalue weighted by Gasteiger charge is -2.40. The molecule has 9 nitrogen and oxygen atoms in total. The number of amides is 2. The standard InChI is InChI=1S/C49H50N4O5/c54-35-37-15-17-39(18-16-37)47-31-45(34-53-29-27-52(28-30-53)33-36-9-3-1-4-10-36)57-48(58-47)40-21-19-38(20-22-40)46-14-8-7-11-41(46)32-50-49(55)51-42-23-25-44(26-24-42)56-43-12-5-2-6-13-43/h1-26,45,47-48,54H,27-35H2,(H2,50,51,55). The minimum absolute atomic E-state index is 0.00956. The summed E-state index contributed by atoms with van der Waals surface area (Å²) in [5.74, 6) is 1.44. The van der Waals surface area contributed by atoms with Gasteiger partial charge in [0.2, 0.25) is 0 Å². The van der Waals surface area contributed by atoms with Crippen molar-refractivity contribution in [1.29, 1.82) is 0 Å². The van der Waals surface area contributed by atoms with Crippen LogP contribution in [0.25, 0.3) is 11.1 Å². The van der Waals surface area contributed by atoms with E-state index in [2.05, 4.69) is 93.2 Å². The van der Waals surface area contributed by atoms with Gasteiger partial charge >= 0.3 is 6.03 Å². The molecule has 9 heteroatoms. The number of nitrogens with one attached hydrogen (secondary N) is 2. The first-order valence-corrected chi connectivity index (χ1v) is 20.1. The van der Waals surface area contributed by atoms with E-state index in [1.54, 1.807) is 0 Å². The Balaban J connectivity index is 0.898. The molecule has 2 aliphatic rings. The van der Waals surface area contributed by atoms with Gasteiger partial charge in [-0.2, -0.15) is 0 Å². The number of carbonyl (C=O) groups excluding carboxylic acids is 1. The lowest BCUT2D eigenvalue weighted by Crippen LogP contribution is -2.49. The van der Waals surface area contributed by atoms with Crippen LogP contribution in [0.3, 0.4) is 0 Å². The SMILES string of the molecule is O=C(NCc1ccccc1-c1ccc(C2OC(CN3CCN(Cc4ccccc4)CC3)CC(c3ccc(CO)cc3)O2)cc1)Nc1ccc(Oc2ccccc2)cc1. The Morgan fingerprint density at radius 3 is 2.02 bits per heavy atom. The summed E-state index contributed by atoms with van der Waals surface area (Å²) in [6.07, 6.45) is 0.0580. The first-order chi connectivity index (χ1) is 28.5.